The fraction of sp³-hybridized carbons (Fsp3) is 0.440. The summed E-state index contributed by atoms with van der Waals surface area (Å²) < 4.78 is 17.0. The highest BCUT2D eigenvalue weighted by Gasteiger charge is 2.47. The lowest BCUT2D eigenvalue weighted by atomic mass is 9.97. The molecule has 0 radical (unpaired) electrons. The highest BCUT2D eigenvalue weighted by Crippen LogP contribution is 2.40. The number of ether oxygens (including phenoxy) is 3. The monoisotopic (exact) mass is 440 g/mol. The number of benzene rings is 2. The van der Waals surface area contributed by atoms with Gasteiger partial charge in [-0.3, -0.25) is 4.90 Å². The maximum Gasteiger partial charge on any atom is 0.330 e. The van der Waals surface area contributed by atoms with Crippen LogP contribution in [0, 0.1) is 0 Å². The van der Waals surface area contributed by atoms with Crippen molar-refractivity contribution >= 4 is 17.7 Å². The van der Waals surface area contributed by atoms with Crippen LogP contribution in [0.25, 0.3) is 0 Å². The largest absolute Gasteiger partial charge is 0.493 e. The molecule has 1 saturated heterocycles. The van der Waals surface area contributed by atoms with Crippen LogP contribution in [0.2, 0.25) is 0 Å². The van der Waals surface area contributed by atoms with Gasteiger partial charge in [0, 0.05) is 17.3 Å². The van der Waals surface area contributed by atoms with E-state index in [0.29, 0.717) is 30.4 Å². The minimum atomic E-state index is -0.868. The molecule has 32 heavy (non-hydrogen) atoms. The summed E-state index contributed by atoms with van der Waals surface area (Å²) in [4.78, 5) is 27.1. The van der Waals surface area contributed by atoms with Crippen LogP contribution in [0.5, 0.6) is 11.5 Å². The third-order valence-electron chi connectivity index (χ3n) is 5.41. The van der Waals surface area contributed by atoms with Gasteiger partial charge in [0.1, 0.15) is 11.5 Å². The maximum atomic E-state index is 12.9. The number of carbonyl (C=O) groups is 2. The molecule has 0 aromatic heterocycles. The lowest BCUT2D eigenvalue weighted by Crippen LogP contribution is -2.37. The fourth-order valence-corrected chi connectivity index (χ4v) is 3.69. The molecule has 0 bridgehead atoms. The number of urea groups is 1. The lowest BCUT2D eigenvalue weighted by Gasteiger charge is -2.28. The van der Waals surface area contributed by atoms with Gasteiger partial charge in [-0.15, -0.1) is 0 Å². The van der Waals surface area contributed by atoms with E-state index in [0.717, 1.165) is 31.2 Å². The minimum Gasteiger partial charge on any atom is -0.493 e. The molecule has 1 heterocycles. The summed E-state index contributed by atoms with van der Waals surface area (Å²) >= 11 is 0. The second-order valence-electron chi connectivity index (χ2n) is 7.70. The molecular formula is C25H32N2O5. The normalized spacial score (nSPS) is 17.7. The number of hydrogen-bond donors (Lipinski definition) is 1. The summed E-state index contributed by atoms with van der Waals surface area (Å²) in [6.45, 7) is 5.36. The zero-order valence-electron chi connectivity index (χ0n) is 19.0. The molecule has 1 aliphatic rings. The van der Waals surface area contributed by atoms with Crippen LogP contribution in [0.15, 0.2) is 48.5 Å². The molecule has 2 aromatic rings. The van der Waals surface area contributed by atoms with Gasteiger partial charge in [0.15, 0.2) is 6.04 Å². The number of rotatable bonds is 11. The molecule has 0 aliphatic carbocycles. The molecule has 1 aliphatic heterocycles. The van der Waals surface area contributed by atoms with Crippen molar-refractivity contribution < 1.29 is 23.8 Å². The summed E-state index contributed by atoms with van der Waals surface area (Å²) in [6.07, 6.45) is 3.89. The van der Waals surface area contributed by atoms with Crippen LogP contribution < -0.4 is 19.7 Å². The van der Waals surface area contributed by atoms with Crippen molar-refractivity contribution in [3.63, 3.8) is 0 Å². The summed E-state index contributed by atoms with van der Waals surface area (Å²) in [7, 11) is 1.32. The van der Waals surface area contributed by atoms with E-state index in [2.05, 4.69) is 19.2 Å². The van der Waals surface area contributed by atoms with Crippen LogP contribution in [-0.4, -0.2) is 38.4 Å². The van der Waals surface area contributed by atoms with E-state index in [1.54, 1.807) is 4.90 Å². The van der Waals surface area contributed by atoms with E-state index in [-0.39, 0.29) is 6.03 Å². The smallest absolute Gasteiger partial charge is 0.330 e. The van der Waals surface area contributed by atoms with Gasteiger partial charge in [0.05, 0.1) is 26.4 Å². The van der Waals surface area contributed by atoms with Gasteiger partial charge in [0.25, 0.3) is 0 Å². The van der Waals surface area contributed by atoms with Crippen molar-refractivity contribution in [3.05, 3.63) is 54.1 Å². The summed E-state index contributed by atoms with van der Waals surface area (Å²) in [6, 6.07) is 13.0. The predicted molar refractivity (Wildman–Crippen MR) is 123 cm³/mol. The number of amides is 2. The molecule has 2 aromatic carbocycles. The molecule has 1 N–H and O–H groups in total. The number of methoxy groups -OCH3 is 1. The van der Waals surface area contributed by atoms with Crippen molar-refractivity contribution in [1.82, 2.24) is 5.32 Å². The number of hydrogen-bond acceptors (Lipinski definition) is 5. The number of unbranched alkanes of at least 4 members (excludes halogenated alkanes) is 2. The molecule has 2 atom stereocenters. The number of carbonyl (C=O) groups excluding carboxylic acids is 2. The highest BCUT2D eigenvalue weighted by molar-refractivity contribution is 6.00. The molecule has 0 spiro atoms. The van der Waals surface area contributed by atoms with Gasteiger partial charge in [-0.2, -0.15) is 0 Å². The average molecular weight is 441 g/mol. The Labute approximate surface area is 189 Å². The summed E-state index contributed by atoms with van der Waals surface area (Å²) in [5, 5.41) is 2.78. The summed E-state index contributed by atoms with van der Waals surface area (Å²) in [5.74, 6) is 0.792. The topological polar surface area (TPSA) is 77.1 Å². The lowest BCUT2D eigenvalue weighted by molar-refractivity contribution is -0.142. The predicted octanol–water partition coefficient (Wildman–Crippen LogP) is 4.86. The Hall–Kier alpha value is -3.22. The van der Waals surface area contributed by atoms with E-state index in [4.69, 9.17) is 14.2 Å². The van der Waals surface area contributed by atoms with E-state index in [1.807, 2.05) is 48.5 Å². The fourth-order valence-electron chi connectivity index (χ4n) is 3.69. The van der Waals surface area contributed by atoms with Crippen LogP contribution in [0.4, 0.5) is 10.5 Å². The maximum absolute atomic E-state index is 12.9. The Morgan fingerprint density at radius 1 is 1.00 bits per heavy atom. The van der Waals surface area contributed by atoms with E-state index >= 15 is 0 Å². The molecule has 0 unspecified atom stereocenters. The number of nitrogens with one attached hydrogen (secondary N) is 1. The zero-order valence-corrected chi connectivity index (χ0v) is 19.0. The van der Waals surface area contributed by atoms with Crippen molar-refractivity contribution in [2.24, 2.45) is 0 Å². The first-order valence-electron chi connectivity index (χ1n) is 11.2. The second-order valence-corrected chi connectivity index (χ2v) is 7.70. The Balaban J connectivity index is 2.03. The minimum absolute atomic E-state index is 0.362. The van der Waals surface area contributed by atoms with Gasteiger partial charge >= 0.3 is 12.0 Å². The number of nitrogens with zero attached hydrogens (tertiary/aromatic N) is 1. The standard InChI is InChI=1S/C25H32N2O5/c1-4-6-15-31-19-13-14-20(21(17-19)32-16-7-5-2)23-22(24(28)30-3)26-25(29)27(23)18-11-9-8-10-12-18/h8-14,17,22-23H,4-7,15-16H2,1-3H3,(H,26,29)/t22-,23-/m1/s1. The van der Waals surface area contributed by atoms with E-state index in [9.17, 15) is 9.59 Å². The Morgan fingerprint density at radius 2 is 1.69 bits per heavy atom. The van der Waals surface area contributed by atoms with Gasteiger partial charge in [-0.05, 0) is 37.1 Å². The quantitative estimate of drug-likeness (QED) is 0.399. The van der Waals surface area contributed by atoms with E-state index in [1.165, 1.54) is 7.11 Å². The molecule has 7 nitrogen and oxygen atoms in total. The first-order chi connectivity index (χ1) is 15.6. The first-order valence-corrected chi connectivity index (χ1v) is 11.2. The van der Waals surface area contributed by atoms with E-state index < -0.39 is 18.1 Å². The van der Waals surface area contributed by atoms with Crippen molar-refractivity contribution in [2.45, 2.75) is 51.6 Å². The zero-order chi connectivity index (χ0) is 22.9. The van der Waals surface area contributed by atoms with Crippen molar-refractivity contribution in [3.8, 4) is 11.5 Å². The van der Waals surface area contributed by atoms with Crippen LogP contribution in [0.3, 0.4) is 0 Å². The van der Waals surface area contributed by atoms with Crippen LogP contribution >= 0.6 is 0 Å². The number of para-hydroxylation sites is 1. The Morgan fingerprint density at radius 3 is 2.34 bits per heavy atom. The Kier molecular flexibility index (Phi) is 8.36. The molecule has 2 amide bonds. The number of anilines is 1. The van der Waals surface area contributed by atoms with Gasteiger partial charge in [-0.1, -0.05) is 44.9 Å². The molecule has 7 heteroatoms. The van der Waals surface area contributed by atoms with Gasteiger partial charge < -0.3 is 19.5 Å². The third kappa shape index (κ3) is 5.33. The number of esters is 1. The first kappa shape index (κ1) is 23.4. The van der Waals surface area contributed by atoms with Crippen LogP contribution in [0.1, 0.15) is 51.1 Å². The van der Waals surface area contributed by atoms with Crippen molar-refractivity contribution in [2.75, 3.05) is 25.2 Å². The average Bonchev–Trinajstić information content (AvgIpc) is 3.16. The molecule has 0 saturated carbocycles. The molecule has 172 valence electrons. The van der Waals surface area contributed by atoms with Gasteiger partial charge in [-0.25, -0.2) is 9.59 Å². The molecule has 1 fully saturated rings. The Bertz CT molecular complexity index is 902. The van der Waals surface area contributed by atoms with Crippen LogP contribution in [-0.2, 0) is 9.53 Å². The molecule has 3 rings (SSSR count). The SMILES string of the molecule is CCCCOc1ccc([C@@H]2[C@H](C(=O)OC)NC(=O)N2c2ccccc2)c(OCCCC)c1. The summed E-state index contributed by atoms with van der Waals surface area (Å²) in [5.41, 5.74) is 1.41. The van der Waals surface area contributed by atoms with Crippen molar-refractivity contribution in [1.29, 1.82) is 0 Å². The third-order valence-corrected chi connectivity index (χ3v) is 5.41. The highest BCUT2D eigenvalue weighted by atomic mass is 16.5. The van der Waals surface area contributed by atoms with Gasteiger partial charge in [0.2, 0.25) is 0 Å². The molecular weight excluding hydrogens is 408 g/mol. The second kappa shape index (κ2) is 11.4.